The number of benzene rings is 1. The van der Waals surface area contributed by atoms with Crippen LogP contribution in [0, 0.1) is 0 Å². The van der Waals surface area contributed by atoms with Gasteiger partial charge in [0.1, 0.15) is 16.9 Å². The molecule has 160 valence electrons. The van der Waals surface area contributed by atoms with Crippen LogP contribution in [0.15, 0.2) is 42.9 Å². The lowest BCUT2D eigenvalue weighted by Gasteiger charge is -2.29. The van der Waals surface area contributed by atoms with Crippen LogP contribution in [0.3, 0.4) is 0 Å². The Labute approximate surface area is 175 Å². The Hall–Kier alpha value is -3.49. The fourth-order valence-corrected chi connectivity index (χ4v) is 2.26. The van der Waals surface area contributed by atoms with Gasteiger partial charge in [-0.1, -0.05) is 12.1 Å². The summed E-state index contributed by atoms with van der Waals surface area (Å²) in [5, 5.41) is 2.64. The number of amides is 3. The third-order valence-corrected chi connectivity index (χ3v) is 3.34. The summed E-state index contributed by atoms with van der Waals surface area (Å²) in [6.45, 7) is 10.1. The Morgan fingerprint density at radius 2 is 1.47 bits per heavy atom. The molecule has 0 atom stereocenters. The Morgan fingerprint density at radius 1 is 0.900 bits per heavy atom. The van der Waals surface area contributed by atoms with Crippen molar-refractivity contribution in [3.05, 3.63) is 48.5 Å². The van der Waals surface area contributed by atoms with Crippen molar-refractivity contribution in [2.24, 2.45) is 0 Å². The summed E-state index contributed by atoms with van der Waals surface area (Å²) < 4.78 is 10.8. The molecule has 0 aliphatic carbocycles. The molecular formula is C21H26N4O5. The van der Waals surface area contributed by atoms with Gasteiger partial charge in [0.05, 0.1) is 17.6 Å². The number of nitrogens with zero attached hydrogens (tertiary/aromatic N) is 3. The van der Waals surface area contributed by atoms with Crippen molar-refractivity contribution < 1.29 is 23.9 Å². The van der Waals surface area contributed by atoms with Crippen LogP contribution >= 0.6 is 0 Å². The van der Waals surface area contributed by atoms with Gasteiger partial charge in [-0.25, -0.2) is 14.6 Å². The predicted octanol–water partition coefficient (Wildman–Crippen LogP) is 4.41. The highest BCUT2D eigenvalue weighted by molar-refractivity contribution is 6.14. The molecule has 0 saturated heterocycles. The summed E-state index contributed by atoms with van der Waals surface area (Å²) >= 11 is 0. The van der Waals surface area contributed by atoms with Crippen LogP contribution in [0.4, 0.5) is 21.0 Å². The molecule has 0 aliphatic heterocycles. The van der Waals surface area contributed by atoms with Gasteiger partial charge in [-0.15, -0.1) is 0 Å². The largest absolute Gasteiger partial charge is 0.443 e. The van der Waals surface area contributed by atoms with E-state index in [1.54, 1.807) is 59.7 Å². The van der Waals surface area contributed by atoms with Crippen molar-refractivity contribution in [3.63, 3.8) is 0 Å². The van der Waals surface area contributed by atoms with E-state index in [0.717, 1.165) is 4.90 Å². The van der Waals surface area contributed by atoms with E-state index < -0.39 is 29.3 Å². The second-order valence-electron chi connectivity index (χ2n) is 8.36. The number of rotatable bonds is 3. The molecule has 0 unspecified atom stereocenters. The van der Waals surface area contributed by atoms with Gasteiger partial charge in [0.2, 0.25) is 0 Å². The van der Waals surface area contributed by atoms with E-state index in [1.165, 1.54) is 24.7 Å². The van der Waals surface area contributed by atoms with Crippen molar-refractivity contribution in [3.8, 4) is 0 Å². The summed E-state index contributed by atoms with van der Waals surface area (Å²) in [5.41, 5.74) is -1.33. The molecular weight excluding hydrogens is 388 g/mol. The molecule has 0 radical (unpaired) electrons. The zero-order chi connectivity index (χ0) is 22.5. The smallest absolute Gasteiger partial charge is 0.424 e. The van der Waals surface area contributed by atoms with Crippen LogP contribution in [0.25, 0.3) is 0 Å². The Bertz CT molecular complexity index is 889. The summed E-state index contributed by atoms with van der Waals surface area (Å²) in [5.74, 6) is -0.552. The van der Waals surface area contributed by atoms with Gasteiger partial charge >= 0.3 is 12.2 Å². The van der Waals surface area contributed by atoms with Gasteiger partial charge in [-0.2, -0.15) is 4.90 Å². The number of imide groups is 1. The number of carbonyl (C=O) groups is 3. The standard InChI is InChI=1S/C21H26N4O5/c1-20(2,3)29-18(27)25(19(28)30-21(4,5)6)16-10-8-7-9-14(16)24-17(26)15-13-22-11-12-23-15/h7-13H,1-6H3,(H,24,26). The van der Waals surface area contributed by atoms with Crippen molar-refractivity contribution in [1.29, 1.82) is 0 Å². The minimum atomic E-state index is -0.932. The molecule has 1 N–H and O–H groups in total. The first-order valence-corrected chi connectivity index (χ1v) is 9.30. The molecule has 30 heavy (non-hydrogen) atoms. The summed E-state index contributed by atoms with van der Waals surface area (Å²) in [6.07, 6.45) is 2.26. The van der Waals surface area contributed by atoms with Gasteiger partial charge in [0, 0.05) is 12.4 Å². The third kappa shape index (κ3) is 6.54. The van der Waals surface area contributed by atoms with Crippen molar-refractivity contribution in [1.82, 2.24) is 9.97 Å². The zero-order valence-electron chi connectivity index (χ0n) is 17.9. The van der Waals surface area contributed by atoms with Crippen molar-refractivity contribution in [2.75, 3.05) is 10.2 Å². The van der Waals surface area contributed by atoms with Crippen molar-refractivity contribution in [2.45, 2.75) is 52.7 Å². The summed E-state index contributed by atoms with van der Waals surface area (Å²) in [7, 11) is 0. The molecule has 0 bridgehead atoms. The minimum absolute atomic E-state index is 0.0772. The normalized spacial score (nSPS) is 11.4. The second-order valence-corrected chi connectivity index (χ2v) is 8.36. The molecule has 0 aliphatic rings. The minimum Gasteiger partial charge on any atom is -0.443 e. The maximum atomic E-state index is 12.9. The Morgan fingerprint density at radius 3 is 1.97 bits per heavy atom. The molecule has 0 saturated carbocycles. The lowest BCUT2D eigenvalue weighted by Crippen LogP contribution is -2.44. The molecule has 0 spiro atoms. The molecule has 1 aromatic carbocycles. The maximum absolute atomic E-state index is 12.9. The SMILES string of the molecule is CC(C)(C)OC(=O)N(C(=O)OC(C)(C)C)c1ccccc1NC(=O)c1cnccn1. The van der Waals surface area contributed by atoms with Crippen LogP contribution in [0.5, 0.6) is 0 Å². The molecule has 9 nitrogen and oxygen atoms in total. The number of para-hydroxylation sites is 2. The fourth-order valence-electron chi connectivity index (χ4n) is 2.26. The van der Waals surface area contributed by atoms with Crippen molar-refractivity contribution >= 4 is 29.5 Å². The number of aromatic nitrogens is 2. The lowest BCUT2D eigenvalue weighted by atomic mass is 10.2. The summed E-state index contributed by atoms with van der Waals surface area (Å²) in [6, 6.07) is 6.32. The second kappa shape index (κ2) is 8.89. The van der Waals surface area contributed by atoms with Gasteiger partial charge in [0.15, 0.2) is 0 Å². The Balaban J connectivity index is 2.44. The topological polar surface area (TPSA) is 111 Å². The fraction of sp³-hybridized carbons (Fsp3) is 0.381. The number of anilines is 2. The van der Waals surface area contributed by atoms with Crippen LogP contribution in [0.1, 0.15) is 52.0 Å². The van der Waals surface area contributed by atoms with Crippen LogP contribution in [-0.4, -0.2) is 39.3 Å². The van der Waals surface area contributed by atoms with E-state index in [1.807, 2.05) is 0 Å². The molecule has 2 rings (SSSR count). The first kappa shape index (κ1) is 22.8. The quantitative estimate of drug-likeness (QED) is 0.792. The van der Waals surface area contributed by atoms with Crippen LogP contribution in [-0.2, 0) is 9.47 Å². The van der Waals surface area contributed by atoms with Gasteiger partial charge in [-0.05, 0) is 53.7 Å². The molecule has 1 aromatic heterocycles. The molecule has 0 fully saturated rings. The Kier molecular flexibility index (Phi) is 6.76. The number of ether oxygens (including phenoxy) is 2. The zero-order valence-corrected chi connectivity index (χ0v) is 17.9. The highest BCUT2D eigenvalue weighted by Crippen LogP contribution is 2.29. The molecule has 1 heterocycles. The first-order chi connectivity index (χ1) is 13.9. The van der Waals surface area contributed by atoms with E-state index in [2.05, 4.69) is 15.3 Å². The van der Waals surface area contributed by atoms with Crippen LogP contribution < -0.4 is 10.2 Å². The lowest BCUT2D eigenvalue weighted by molar-refractivity contribution is 0.0430. The highest BCUT2D eigenvalue weighted by atomic mass is 16.6. The molecule has 3 amide bonds. The van der Waals surface area contributed by atoms with Gasteiger partial charge in [-0.3, -0.25) is 9.78 Å². The number of carbonyl (C=O) groups excluding carboxylic acids is 3. The predicted molar refractivity (Wildman–Crippen MR) is 111 cm³/mol. The average molecular weight is 414 g/mol. The van der Waals surface area contributed by atoms with E-state index in [-0.39, 0.29) is 17.1 Å². The molecule has 2 aromatic rings. The average Bonchev–Trinajstić information content (AvgIpc) is 2.61. The number of hydrogen-bond acceptors (Lipinski definition) is 7. The van der Waals surface area contributed by atoms with E-state index in [9.17, 15) is 14.4 Å². The first-order valence-electron chi connectivity index (χ1n) is 9.30. The van der Waals surface area contributed by atoms with Crippen LogP contribution in [0.2, 0.25) is 0 Å². The monoisotopic (exact) mass is 414 g/mol. The maximum Gasteiger partial charge on any atom is 0.424 e. The van der Waals surface area contributed by atoms with E-state index >= 15 is 0 Å². The van der Waals surface area contributed by atoms with Gasteiger partial charge < -0.3 is 14.8 Å². The highest BCUT2D eigenvalue weighted by Gasteiger charge is 2.34. The van der Waals surface area contributed by atoms with Gasteiger partial charge in [0.25, 0.3) is 5.91 Å². The summed E-state index contributed by atoms with van der Waals surface area (Å²) in [4.78, 5) is 46.8. The van der Waals surface area contributed by atoms with E-state index in [0.29, 0.717) is 0 Å². The molecule has 9 heteroatoms. The third-order valence-electron chi connectivity index (χ3n) is 3.34. The number of hydrogen-bond donors (Lipinski definition) is 1. The number of nitrogens with one attached hydrogen (secondary N) is 1. The van der Waals surface area contributed by atoms with E-state index in [4.69, 9.17) is 9.47 Å².